The maximum absolute atomic E-state index is 5.80. The predicted octanol–water partition coefficient (Wildman–Crippen LogP) is 2.76. The van der Waals surface area contributed by atoms with E-state index in [-0.39, 0.29) is 6.10 Å². The molecule has 3 nitrogen and oxygen atoms in total. The molecule has 0 fully saturated rings. The molecule has 0 aliphatic carbocycles. The highest BCUT2D eigenvalue weighted by Gasteiger charge is 2.07. The second kappa shape index (κ2) is 6.97. The molecule has 1 atom stereocenters. The molecule has 1 aromatic rings. The van der Waals surface area contributed by atoms with E-state index in [0.29, 0.717) is 0 Å². The van der Waals surface area contributed by atoms with Gasteiger partial charge in [-0.05, 0) is 19.5 Å². The van der Waals surface area contributed by atoms with Crippen LogP contribution in [0.25, 0.3) is 0 Å². The van der Waals surface area contributed by atoms with Gasteiger partial charge in [-0.25, -0.2) is 0 Å². The highest BCUT2D eigenvalue weighted by Crippen LogP contribution is 2.25. The SMILES string of the molecule is C=CC(C)Oc1cc(OC)ccc1CNCC. The molecule has 1 rings (SSSR count). The summed E-state index contributed by atoms with van der Waals surface area (Å²) in [4.78, 5) is 0. The standard InChI is InChI=1S/C14H21NO2/c1-5-11(3)17-14-9-13(16-4)8-7-12(14)10-15-6-2/h5,7-9,11,15H,1,6,10H2,2-4H3. The van der Waals surface area contributed by atoms with Gasteiger partial charge in [0.05, 0.1) is 7.11 Å². The van der Waals surface area contributed by atoms with Gasteiger partial charge >= 0.3 is 0 Å². The fraction of sp³-hybridized carbons (Fsp3) is 0.429. The molecule has 1 N–H and O–H groups in total. The molecule has 0 aromatic heterocycles. The predicted molar refractivity (Wildman–Crippen MR) is 70.7 cm³/mol. The first kappa shape index (κ1) is 13.6. The van der Waals surface area contributed by atoms with Crippen molar-refractivity contribution < 1.29 is 9.47 Å². The van der Waals surface area contributed by atoms with E-state index >= 15 is 0 Å². The number of ether oxygens (including phenoxy) is 2. The fourth-order valence-electron chi connectivity index (χ4n) is 1.43. The summed E-state index contributed by atoms with van der Waals surface area (Å²) in [5.41, 5.74) is 1.13. The highest BCUT2D eigenvalue weighted by atomic mass is 16.5. The second-order valence-corrected chi connectivity index (χ2v) is 3.81. The lowest BCUT2D eigenvalue weighted by Gasteiger charge is -2.16. The molecule has 0 amide bonds. The fourth-order valence-corrected chi connectivity index (χ4v) is 1.43. The van der Waals surface area contributed by atoms with E-state index in [1.54, 1.807) is 13.2 Å². The van der Waals surface area contributed by atoms with Crippen LogP contribution in [0.5, 0.6) is 11.5 Å². The molecule has 1 unspecified atom stereocenters. The molecule has 0 bridgehead atoms. The van der Waals surface area contributed by atoms with Crippen molar-refractivity contribution in [1.29, 1.82) is 0 Å². The van der Waals surface area contributed by atoms with Crippen LogP contribution >= 0.6 is 0 Å². The summed E-state index contributed by atoms with van der Waals surface area (Å²) >= 11 is 0. The highest BCUT2D eigenvalue weighted by molar-refractivity contribution is 5.41. The van der Waals surface area contributed by atoms with Gasteiger partial charge in [-0.2, -0.15) is 0 Å². The normalized spacial score (nSPS) is 11.9. The monoisotopic (exact) mass is 235 g/mol. The number of nitrogens with one attached hydrogen (secondary N) is 1. The zero-order valence-corrected chi connectivity index (χ0v) is 10.8. The minimum atomic E-state index is -0.0116. The number of benzene rings is 1. The van der Waals surface area contributed by atoms with Crippen molar-refractivity contribution in [2.24, 2.45) is 0 Å². The van der Waals surface area contributed by atoms with Crippen LogP contribution in [0.1, 0.15) is 19.4 Å². The quantitative estimate of drug-likeness (QED) is 0.737. The molecule has 94 valence electrons. The Morgan fingerprint density at radius 1 is 1.47 bits per heavy atom. The number of methoxy groups -OCH3 is 1. The lowest BCUT2D eigenvalue weighted by molar-refractivity contribution is 0.265. The molecule has 0 saturated heterocycles. The van der Waals surface area contributed by atoms with Crippen LogP contribution in [-0.4, -0.2) is 19.8 Å². The molecule has 17 heavy (non-hydrogen) atoms. The molecule has 3 heteroatoms. The summed E-state index contributed by atoms with van der Waals surface area (Å²) in [6, 6.07) is 5.87. The topological polar surface area (TPSA) is 30.5 Å². The largest absolute Gasteiger partial charge is 0.497 e. The van der Waals surface area contributed by atoms with E-state index in [0.717, 1.165) is 30.2 Å². The zero-order valence-electron chi connectivity index (χ0n) is 10.8. The van der Waals surface area contributed by atoms with Crippen LogP contribution in [-0.2, 0) is 6.54 Å². The molecule has 1 aromatic carbocycles. The first-order chi connectivity index (χ1) is 8.21. The van der Waals surface area contributed by atoms with Gasteiger partial charge < -0.3 is 14.8 Å². The minimum absolute atomic E-state index is 0.0116. The van der Waals surface area contributed by atoms with E-state index in [4.69, 9.17) is 9.47 Å². The molecule has 0 spiro atoms. The summed E-state index contributed by atoms with van der Waals surface area (Å²) in [6.45, 7) is 9.49. The Morgan fingerprint density at radius 3 is 2.82 bits per heavy atom. The van der Waals surface area contributed by atoms with Gasteiger partial charge in [-0.3, -0.25) is 0 Å². The average Bonchev–Trinajstić information content (AvgIpc) is 2.36. The molecular weight excluding hydrogens is 214 g/mol. The van der Waals surface area contributed by atoms with E-state index in [2.05, 4.69) is 18.8 Å². The van der Waals surface area contributed by atoms with Crippen LogP contribution in [0.15, 0.2) is 30.9 Å². The van der Waals surface area contributed by atoms with Crippen LogP contribution in [0.3, 0.4) is 0 Å². The molecule has 0 saturated carbocycles. The number of rotatable bonds is 7. The summed E-state index contributed by atoms with van der Waals surface area (Å²) < 4.78 is 11.0. The summed E-state index contributed by atoms with van der Waals surface area (Å²) in [5, 5.41) is 3.29. The Labute approximate surface area is 103 Å². The van der Waals surface area contributed by atoms with E-state index in [1.807, 2.05) is 25.1 Å². The Bertz CT molecular complexity index is 363. The maximum atomic E-state index is 5.80. The van der Waals surface area contributed by atoms with Gasteiger partial charge in [0.2, 0.25) is 0 Å². The van der Waals surface area contributed by atoms with Gasteiger partial charge in [0.15, 0.2) is 0 Å². The van der Waals surface area contributed by atoms with Crippen molar-refractivity contribution in [2.45, 2.75) is 26.5 Å². The molecule has 0 aliphatic rings. The second-order valence-electron chi connectivity index (χ2n) is 3.81. The maximum Gasteiger partial charge on any atom is 0.128 e. The van der Waals surface area contributed by atoms with Crippen molar-refractivity contribution in [3.8, 4) is 11.5 Å². The average molecular weight is 235 g/mol. The summed E-state index contributed by atoms with van der Waals surface area (Å²) in [7, 11) is 1.65. The van der Waals surface area contributed by atoms with Crippen LogP contribution in [0.2, 0.25) is 0 Å². The molecular formula is C14H21NO2. The number of hydrogen-bond donors (Lipinski definition) is 1. The van der Waals surface area contributed by atoms with E-state index in [1.165, 1.54) is 0 Å². The lowest BCUT2D eigenvalue weighted by Crippen LogP contribution is -2.15. The number of hydrogen-bond acceptors (Lipinski definition) is 3. The van der Waals surface area contributed by atoms with Crippen molar-refractivity contribution in [1.82, 2.24) is 5.32 Å². The Kier molecular flexibility index (Phi) is 5.57. The van der Waals surface area contributed by atoms with E-state index < -0.39 is 0 Å². The zero-order chi connectivity index (χ0) is 12.7. The van der Waals surface area contributed by atoms with Crippen molar-refractivity contribution >= 4 is 0 Å². The third-order valence-electron chi connectivity index (χ3n) is 2.48. The van der Waals surface area contributed by atoms with Gasteiger partial charge in [0.1, 0.15) is 17.6 Å². The Hall–Kier alpha value is -1.48. The van der Waals surface area contributed by atoms with Gasteiger partial charge in [0, 0.05) is 18.2 Å². The van der Waals surface area contributed by atoms with Crippen molar-refractivity contribution in [3.63, 3.8) is 0 Å². The van der Waals surface area contributed by atoms with Gasteiger partial charge in [-0.1, -0.05) is 25.6 Å². The Balaban J connectivity index is 2.89. The molecule has 0 aliphatic heterocycles. The first-order valence-corrected chi connectivity index (χ1v) is 5.88. The third kappa shape index (κ3) is 4.11. The summed E-state index contributed by atoms with van der Waals surface area (Å²) in [6.07, 6.45) is 1.76. The van der Waals surface area contributed by atoms with Crippen LogP contribution in [0.4, 0.5) is 0 Å². The third-order valence-corrected chi connectivity index (χ3v) is 2.48. The van der Waals surface area contributed by atoms with E-state index in [9.17, 15) is 0 Å². The summed E-state index contributed by atoms with van der Waals surface area (Å²) in [5.74, 6) is 1.65. The first-order valence-electron chi connectivity index (χ1n) is 5.88. The Morgan fingerprint density at radius 2 is 2.24 bits per heavy atom. The smallest absolute Gasteiger partial charge is 0.128 e. The van der Waals surface area contributed by atoms with Gasteiger partial charge in [-0.15, -0.1) is 0 Å². The van der Waals surface area contributed by atoms with Crippen molar-refractivity contribution in [3.05, 3.63) is 36.4 Å². The minimum Gasteiger partial charge on any atom is -0.497 e. The molecule has 0 heterocycles. The van der Waals surface area contributed by atoms with Crippen molar-refractivity contribution in [2.75, 3.05) is 13.7 Å². The molecule has 0 radical (unpaired) electrons. The lowest BCUT2D eigenvalue weighted by atomic mass is 10.2. The van der Waals surface area contributed by atoms with Crippen LogP contribution in [0, 0.1) is 0 Å². The van der Waals surface area contributed by atoms with Crippen LogP contribution < -0.4 is 14.8 Å². The van der Waals surface area contributed by atoms with Gasteiger partial charge in [0.25, 0.3) is 0 Å².